The van der Waals surface area contributed by atoms with Gasteiger partial charge in [0.1, 0.15) is 0 Å². The van der Waals surface area contributed by atoms with Gasteiger partial charge in [0.2, 0.25) is 5.91 Å². The number of aliphatic hydroxyl groups excluding tert-OH is 1. The topological polar surface area (TPSA) is 47.0 Å². The molecule has 3 rings (SSSR count). The van der Waals surface area contributed by atoms with Crippen LogP contribution in [0.15, 0.2) is 30.3 Å². The maximum Gasteiger partial charge on any atom is 0.224 e. The Bertz CT molecular complexity index is 500. The predicted octanol–water partition coefficient (Wildman–Crippen LogP) is 1.18. The highest BCUT2D eigenvalue weighted by Crippen LogP contribution is 2.21. The summed E-state index contributed by atoms with van der Waals surface area (Å²) in [6.07, 6.45) is 2.50. The van der Waals surface area contributed by atoms with Crippen molar-refractivity contribution in [3.63, 3.8) is 0 Å². The summed E-state index contributed by atoms with van der Waals surface area (Å²) >= 11 is 0. The fraction of sp³-hybridized carbons (Fsp3) is 0.611. The van der Waals surface area contributed by atoms with E-state index in [2.05, 4.69) is 40.1 Å². The molecule has 2 aliphatic heterocycles. The standard InChI is InChI=1S/C18H27N3O2/c22-14-8-18(23)21-9-4-7-17(15-21)20-12-10-19(11-13-20)16-5-2-1-3-6-16/h1-3,5-6,17,22H,4,7-15H2. The van der Waals surface area contributed by atoms with Gasteiger partial charge in [-0.05, 0) is 25.0 Å². The molecule has 126 valence electrons. The molecule has 1 aromatic carbocycles. The van der Waals surface area contributed by atoms with E-state index in [1.54, 1.807) is 0 Å². The number of piperazine rings is 1. The zero-order valence-electron chi connectivity index (χ0n) is 13.7. The molecule has 23 heavy (non-hydrogen) atoms. The second kappa shape index (κ2) is 7.79. The minimum atomic E-state index is -0.0459. The number of nitrogens with zero attached hydrogens (tertiary/aromatic N) is 3. The maximum absolute atomic E-state index is 12.0. The first-order chi connectivity index (χ1) is 11.3. The van der Waals surface area contributed by atoms with E-state index in [1.165, 1.54) is 12.1 Å². The number of benzene rings is 1. The molecule has 2 fully saturated rings. The van der Waals surface area contributed by atoms with Gasteiger partial charge in [0.05, 0.1) is 6.61 Å². The van der Waals surface area contributed by atoms with E-state index < -0.39 is 0 Å². The highest BCUT2D eigenvalue weighted by atomic mass is 16.3. The number of anilines is 1. The molecule has 2 aliphatic rings. The first-order valence-electron chi connectivity index (χ1n) is 8.70. The van der Waals surface area contributed by atoms with Gasteiger partial charge in [0, 0.05) is 57.4 Å². The minimum Gasteiger partial charge on any atom is -0.396 e. The van der Waals surface area contributed by atoms with Crippen molar-refractivity contribution in [2.45, 2.75) is 25.3 Å². The molecule has 1 N–H and O–H groups in total. The third-order valence-corrected chi connectivity index (χ3v) is 5.03. The van der Waals surface area contributed by atoms with Gasteiger partial charge >= 0.3 is 0 Å². The molecule has 0 radical (unpaired) electrons. The van der Waals surface area contributed by atoms with Crippen molar-refractivity contribution >= 4 is 11.6 Å². The Morgan fingerprint density at radius 3 is 2.52 bits per heavy atom. The monoisotopic (exact) mass is 317 g/mol. The van der Waals surface area contributed by atoms with Crippen LogP contribution in [0.5, 0.6) is 0 Å². The quantitative estimate of drug-likeness (QED) is 0.906. The molecule has 2 heterocycles. The molecule has 1 atom stereocenters. The van der Waals surface area contributed by atoms with Gasteiger partial charge in [-0.2, -0.15) is 0 Å². The molecule has 1 amide bonds. The molecule has 5 heteroatoms. The Labute approximate surface area is 138 Å². The lowest BCUT2D eigenvalue weighted by Crippen LogP contribution is -2.55. The van der Waals surface area contributed by atoms with Crippen molar-refractivity contribution in [1.29, 1.82) is 0 Å². The van der Waals surface area contributed by atoms with Crippen LogP contribution in [0.3, 0.4) is 0 Å². The van der Waals surface area contributed by atoms with E-state index in [-0.39, 0.29) is 18.9 Å². The van der Waals surface area contributed by atoms with E-state index in [0.29, 0.717) is 6.04 Å². The highest BCUT2D eigenvalue weighted by Gasteiger charge is 2.29. The Morgan fingerprint density at radius 2 is 1.83 bits per heavy atom. The lowest BCUT2D eigenvalue weighted by molar-refractivity contribution is -0.134. The molecule has 2 saturated heterocycles. The summed E-state index contributed by atoms with van der Waals surface area (Å²) < 4.78 is 0. The summed E-state index contributed by atoms with van der Waals surface area (Å²) in [6, 6.07) is 11.1. The van der Waals surface area contributed by atoms with Crippen LogP contribution in [-0.4, -0.2) is 72.7 Å². The molecule has 0 aromatic heterocycles. The normalized spacial score (nSPS) is 23.1. The molecule has 0 aliphatic carbocycles. The van der Waals surface area contributed by atoms with Crippen molar-refractivity contribution < 1.29 is 9.90 Å². The molecule has 0 spiro atoms. The molecular formula is C18H27N3O2. The third-order valence-electron chi connectivity index (χ3n) is 5.03. The molecular weight excluding hydrogens is 290 g/mol. The number of carbonyl (C=O) groups excluding carboxylic acids is 1. The maximum atomic E-state index is 12.0. The van der Waals surface area contributed by atoms with Gasteiger partial charge in [-0.15, -0.1) is 0 Å². The zero-order chi connectivity index (χ0) is 16.1. The van der Waals surface area contributed by atoms with Crippen molar-refractivity contribution in [3.05, 3.63) is 30.3 Å². The van der Waals surface area contributed by atoms with Crippen molar-refractivity contribution in [2.24, 2.45) is 0 Å². The lowest BCUT2D eigenvalue weighted by Gasteiger charge is -2.44. The largest absolute Gasteiger partial charge is 0.396 e. The zero-order valence-corrected chi connectivity index (χ0v) is 13.7. The number of aliphatic hydroxyl groups is 1. The summed E-state index contributed by atoms with van der Waals surface area (Å²) in [5.74, 6) is 0.0973. The smallest absolute Gasteiger partial charge is 0.224 e. The number of hydrogen-bond donors (Lipinski definition) is 1. The Hall–Kier alpha value is -1.59. The molecule has 5 nitrogen and oxygen atoms in total. The highest BCUT2D eigenvalue weighted by molar-refractivity contribution is 5.76. The van der Waals surface area contributed by atoms with Gasteiger partial charge in [-0.1, -0.05) is 18.2 Å². The van der Waals surface area contributed by atoms with Crippen LogP contribution in [0.25, 0.3) is 0 Å². The first kappa shape index (κ1) is 16.3. The van der Waals surface area contributed by atoms with E-state index >= 15 is 0 Å². The molecule has 1 aromatic rings. The van der Waals surface area contributed by atoms with Gasteiger partial charge in [-0.25, -0.2) is 0 Å². The van der Waals surface area contributed by atoms with Crippen LogP contribution < -0.4 is 4.90 Å². The van der Waals surface area contributed by atoms with E-state index in [0.717, 1.165) is 45.7 Å². The van der Waals surface area contributed by atoms with Crippen LogP contribution >= 0.6 is 0 Å². The second-order valence-electron chi connectivity index (χ2n) is 6.47. The summed E-state index contributed by atoms with van der Waals surface area (Å²) in [5, 5.41) is 8.96. The van der Waals surface area contributed by atoms with Gasteiger partial charge < -0.3 is 14.9 Å². The fourth-order valence-electron chi connectivity index (χ4n) is 3.72. The molecule has 0 saturated carbocycles. The van der Waals surface area contributed by atoms with Crippen molar-refractivity contribution in [2.75, 3.05) is 50.8 Å². The SMILES string of the molecule is O=C(CCO)N1CCCC(N2CCN(c3ccccc3)CC2)C1. The van der Waals surface area contributed by atoms with Gasteiger partial charge in [0.15, 0.2) is 0 Å². The van der Waals surface area contributed by atoms with Crippen LogP contribution in [0.4, 0.5) is 5.69 Å². The Morgan fingerprint density at radius 1 is 1.09 bits per heavy atom. The van der Waals surface area contributed by atoms with E-state index in [1.807, 2.05) is 4.90 Å². The number of piperidine rings is 1. The predicted molar refractivity (Wildman–Crippen MR) is 91.5 cm³/mol. The van der Waals surface area contributed by atoms with Gasteiger partial charge in [-0.3, -0.25) is 9.69 Å². The summed E-state index contributed by atoms with van der Waals surface area (Å²) in [5.41, 5.74) is 1.30. The Kier molecular flexibility index (Phi) is 5.51. The number of carbonyl (C=O) groups is 1. The number of amides is 1. The average Bonchev–Trinajstić information content (AvgIpc) is 2.63. The van der Waals surface area contributed by atoms with Crippen LogP contribution in [0.2, 0.25) is 0 Å². The van der Waals surface area contributed by atoms with Crippen LogP contribution in [0, 0.1) is 0 Å². The summed E-state index contributed by atoms with van der Waals surface area (Å²) in [6.45, 7) is 5.83. The number of para-hydroxylation sites is 1. The average molecular weight is 317 g/mol. The molecule has 0 bridgehead atoms. The van der Waals surface area contributed by atoms with Crippen LogP contribution in [-0.2, 0) is 4.79 Å². The number of hydrogen-bond acceptors (Lipinski definition) is 4. The fourth-order valence-corrected chi connectivity index (χ4v) is 3.72. The number of rotatable bonds is 4. The van der Waals surface area contributed by atoms with Crippen molar-refractivity contribution in [1.82, 2.24) is 9.80 Å². The number of likely N-dealkylation sites (tertiary alicyclic amines) is 1. The second-order valence-corrected chi connectivity index (χ2v) is 6.47. The lowest BCUT2D eigenvalue weighted by atomic mass is 10.0. The summed E-state index contributed by atoms with van der Waals surface area (Å²) in [4.78, 5) is 18.9. The molecule has 1 unspecified atom stereocenters. The van der Waals surface area contributed by atoms with E-state index in [4.69, 9.17) is 5.11 Å². The van der Waals surface area contributed by atoms with E-state index in [9.17, 15) is 4.79 Å². The minimum absolute atomic E-state index is 0.0459. The first-order valence-corrected chi connectivity index (χ1v) is 8.70. The van der Waals surface area contributed by atoms with Crippen LogP contribution in [0.1, 0.15) is 19.3 Å². The van der Waals surface area contributed by atoms with Gasteiger partial charge in [0.25, 0.3) is 0 Å². The van der Waals surface area contributed by atoms with Crippen molar-refractivity contribution in [3.8, 4) is 0 Å². The Balaban J connectivity index is 1.52. The third kappa shape index (κ3) is 4.03. The summed E-state index contributed by atoms with van der Waals surface area (Å²) in [7, 11) is 0.